The molecule has 0 aliphatic rings. The second-order valence-corrected chi connectivity index (χ2v) is 8.64. The minimum atomic E-state index is -0.454. The van der Waals surface area contributed by atoms with Crippen molar-refractivity contribution in [2.45, 2.75) is 26.1 Å². The van der Waals surface area contributed by atoms with Gasteiger partial charge in [0.25, 0.3) is 5.56 Å². The lowest BCUT2D eigenvalue weighted by atomic mass is 10.0. The molecular formula is C28H28N6O2. The number of nitrogens with one attached hydrogen (secondary N) is 1. The average Bonchev–Trinajstić information content (AvgIpc) is 3.36. The first-order valence-electron chi connectivity index (χ1n) is 11.9. The van der Waals surface area contributed by atoms with E-state index in [-0.39, 0.29) is 5.56 Å². The Hall–Kier alpha value is -4.30. The minimum absolute atomic E-state index is 0.179. The number of nitrogens with zero attached hydrogens (tertiary/aromatic N) is 5. The summed E-state index contributed by atoms with van der Waals surface area (Å²) in [5.41, 5.74) is 3.36. The van der Waals surface area contributed by atoms with Crippen LogP contribution in [0.25, 0.3) is 10.9 Å². The van der Waals surface area contributed by atoms with E-state index in [1.807, 2.05) is 72.8 Å². The fraction of sp³-hybridized carbons (Fsp3) is 0.214. The van der Waals surface area contributed by atoms with Crippen molar-refractivity contribution in [3.63, 3.8) is 0 Å². The third-order valence-corrected chi connectivity index (χ3v) is 6.36. The number of pyridine rings is 1. The first-order valence-corrected chi connectivity index (χ1v) is 11.9. The number of ether oxygens (including phenoxy) is 1. The number of H-pyrrole nitrogens is 1. The van der Waals surface area contributed by atoms with E-state index in [4.69, 9.17) is 4.74 Å². The highest BCUT2D eigenvalue weighted by Gasteiger charge is 2.30. The van der Waals surface area contributed by atoms with Crippen molar-refractivity contribution in [2.24, 2.45) is 0 Å². The van der Waals surface area contributed by atoms with Crippen molar-refractivity contribution < 1.29 is 4.74 Å². The molecule has 2 heterocycles. The lowest BCUT2D eigenvalue weighted by Crippen LogP contribution is -2.35. The van der Waals surface area contributed by atoms with E-state index in [0.29, 0.717) is 36.8 Å². The van der Waals surface area contributed by atoms with Crippen molar-refractivity contribution in [3.05, 3.63) is 118 Å². The van der Waals surface area contributed by atoms with Crippen LogP contribution in [-0.4, -0.2) is 43.7 Å². The van der Waals surface area contributed by atoms with Crippen LogP contribution < -0.4 is 10.3 Å². The summed E-state index contributed by atoms with van der Waals surface area (Å²) in [6.07, 6.45) is 0. The largest absolute Gasteiger partial charge is 0.497 e. The van der Waals surface area contributed by atoms with Gasteiger partial charge in [-0.2, -0.15) is 0 Å². The Kier molecular flexibility index (Phi) is 6.86. The van der Waals surface area contributed by atoms with Crippen LogP contribution in [0.4, 0.5) is 0 Å². The van der Waals surface area contributed by atoms with Crippen LogP contribution in [0.2, 0.25) is 0 Å². The van der Waals surface area contributed by atoms with Crippen molar-refractivity contribution >= 4 is 10.9 Å². The quantitative estimate of drug-likeness (QED) is 0.340. The molecule has 5 aromatic rings. The Labute approximate surface area is 209 Å². The third-order valence-electron chi connectivity index (χ3n) is 6.36. The maximum Gasteiger partial charge on any atom is 0.253 e. The van der Waals surface area contributed by atoms with Crippen molar-refractivity contribution in [1.29, 1.82) is 0 Å². The number of aromatic nitrogens is 5. The normalized spacial score (nSPS) is 12.2. The van der Waals surface area contributed by atoms with Gasteiger partial charge in [0.05, 0.1) is 19.2 Å². The molecule has 36 heavy (non-hydrogen) atoms. The van der Waals surface area contributed by atoms with Gasteiger partial charge in [0, 0.05) is 18.2 Å². The molecule has 8 heteroatoms. The van der Waals surface area contributed by atoms with Gasteiger partial charge in [-0.3, -0.25) is 9.69 Å². The molecule has 5 rings (SSSR count). The number of fused-ring (bicyclic) bond motifs is 1. The van der Waals surface area contributed by atoms with Crippen molar-refractivity contribution in [1.82, 2.24) is 30.1 Å². The van der Waals surface area contributed by atoms with Gasteiger partial charge in [-0.1, -0.05) is 67.6 Å². The number of tetrazole rings is 1. The second-order valence-electron chi connectivity index (χ2n) is 8.64. The minimum Gasteiger partial charge on any atom is -0.497 e. The molecule has 0 radical (unpaired) electrons. The predicted molar refractivity (Wildman–Crippen MR) is 139 cm³/mol. The molecule has 0 spiro atoms. The molecule has 2 aromatic heterocycles. The van der Waals surface area contributed by atoms with Gasteiger partial charge < -0.3 is 9.72 Å². The molecule has 1 N–H and O–H groups in total. The standard InChI is InChI=1S/C28H28N6O2/c1-3-33(18-20-10-6-4-7-11-20)26(27-30-31-32-34(27)19-21-12-8-5-9-13-21)24-16-22-14-15-23(36-2)17-25(22)29-28(24)35/h4-17,26H,3,18-19H2,1-2H3,(H,29,35)/t26-/m0/s1. The number of benzene rings is 3. The lowest BCUT2D eigenvalue weighted by molar-refractivity contribution is 0.214. The molecular weight excluding hydrogens is 452 g/mol. The molecule has 1 atom stereocenters. The summed E-state index contributed by atoms with van der Waals surface area (Å²) in [5, 5.41) is 13.7. The van der Waals surface area contributed by atoms with Gasteiger partial charge in [-0.15, -0.1) is 5.10 Å². The Morgan fingerprint density at radius 3 is 2.39 bits per heavy atom. The first-order chi connectivity index (χ1) is 17.7. The van der Waals surface area contributed by atoms with E-state index in [0.717, 1.165) is 22.0 Å². The first kappa shape index (κ1) is 23.4. The van der Waals surface area contributed by atoms with Crippen LogP contribution in [0.5, 0.6) is 5.75 Å². The molecule has 0 aliphatic carbocycles. The molecule has 0 saturated carbocycles. The molecule has 0 fully saturated rings. The summed E-state index contributed by atoms with van der Waals surface area (Å²) < 4.78 is 7.12. The summed E-state index contributed by atoms with van der Waals surface area (Å²) >= 11 is 0. The van der Waals surface area contributed by atoms with E-state index in [1.54, 1.807) is 11.8 Å². The van der Waals surface area contributed by atoms with Crippen LogP contribution >= 0.6 is 0 Å². The fourth-order valence-corrected chi connectivity index (χ4v) is 4.51. The van der Waals surface area contributed by atoms with Crippen LogP contribution in [0.15, 0.2) is 89.7 Å². The average molecular weight is 481 g/mol. The summed E-state index contributed by atoms with van der Waals surface area (Å²) in [4.78, 5) is 18.8. The summed E-state index contributed by atoms with van der Waals surface area (Å²) in [5.74, 6) is 1.31. The Morgan fingerprint density at radius 1 is 0.972 bits per heavy atom. The molecule has 0 bridgehead atoms. The highest BCUT2D eigenvalue weighted by Crippen LogP contribution is 2.29. The maximum absolute atomic E-state index is 13.5. The highest BCUT2D eigenvalue weighted by atomic mass is 16.5. The molecule has 0 aliphatic heterocycles. The molecule has 182 valence electrons. The second kappa shape index (κ2) is 10.5. The lowest BCUT2D eigenvalue weighted by Gasteiger charge is -2.30. The molecule has 8 nitrogen and oxygen atoms in total. The highest BCUT2D eigenvalue weighted by molar-refractivity contribution is 5.80. The maximum atomic E-state index is 13.5. The van der Waals surface area contributed by atoms with Crippen molar-refractivity contribution in [3.8, 4) is 5.75 Å². The van der Waals surface area contributed by atoms with Gasteiger partial charge in [0.15, 0.2) is 5.82 Å². The predicted octanol–water partition coefficient (Wildman–Crippen LogP) is 4.18. The van der Waals surface area contributed by atoms with E-state index >= 15 is 0 Å². The summed E-state index contributed by atoms with van der Waals surface area (Å²) in [6, 6.07) is 27.4. The zero-order valence-electron chi connectivity index (χ0n) is 20.3. The topological polar surface area (TPSA) is 88.9 Å². The molecule has 0 amide bonds. The van der Waals surface area contributed by atoms with Gasteiger partial charge in [0.1, 0.15) is 11.8 Å². The fourth-order valence-electron chi connectivity index (χ4n) is 4.51. The van der Waals surface area contributed by atoms with Crippen LogP contribution in [0, 0.1) is 0 Å². The van der Waals surface area contributed by atoms with E-state index in [2.05, 4.69) is 44.5 Å². The third kappa shape index (κ3) is 4.89. The molecule has 0 saturated heterocycles. The smallest absolute Gasteiger partial charge is 0.253 e. The van der Waals surface area contributed by atoms with Crippen molar-refractivity contribution in [2.75, 3.05) is 13.7 Å². The summed E-state index contributed by atoms with van der Waals surface area (Å²) in [6.45, 7) is 3.92. The van der Waals surface area contributed by atoms with Crippen LogP contribution in [0.1, 0.15) is 35.5 Å². The Morgan fingerprint density at radius 2 is 1.69 bits per heavy atom. The number of aromatic amines is 1. The Bertz CT molecular complexity index is 1500. The van der Waals surface area contributed by atoms with Gasteiger partial charge in [0.2, 0.25) is 0 Å². The number of hydrogen-bond acceptors (Lipinski definition) is 6. The van der Waals surface area contributed by atoms with E-state index < -0.39 is 6.04 Å². The number of hydrogen-bond donors (Lipinski definition) is 1. The van der Waals surface area contributed by atoms with Gasteiger partial charge >= 0.3 is 0 Å². The summed E-state index contributed by atoms with van der Waals surface area (Å²) in [7, 11) is 1.61. The number of methoxy groups -OCH3 is 1. The number of rotatable bonds is 9. The van der Waals surface area contributed by atoms with Gasteiger partial charge in [-0.05, 0) is 51.7 Å². The van der Waals surface area contributed by atoms with E-state index in [1.165, 1.54) is 0 Å². The molecule has 0 unspecified atom stereocenters. The zero-order valence-corrected chi connectivity index (χ0v) is 20.3. The van der Waals surface area contributed by atoms with E-state index in [9.17, 15) is 4.79 Å². The monoisotopic (exact) mass is 480 g/mol. The zero-order chi connectivity index (χ0) is 24.9. The molecule has 3 aromatic carbocycles. The SMILES string of the molecule is CCN(Cc1ccccc1)[C@@H](c1cc2ccc(OC)cc2[nH]c1=O)c1nnnn1Cc1ccccc1. The Balaban J connectivity index is 1.63. The van der Waals surface area contributed by atoms with Crippen LogP contribution in [0.3, 0.4) is 0 Å². The van der Waals surface area contributed by atoms with Gasteiger partial charge in [-0.25, -0.2) is 4.68 Å². The van der Waals surface area contributed by atoms with Crippen LogP contribution in [-0.2, 0) is 13.1 Å².